The fraction of sp³-hybridized carbons (Fsp3) is 0.100. The number of anilines is 1. The van der Waals surface area contributed by atoms with E-state index in [2.05, 4.69) is 10.3 Å². The summed E-state index contributed by atoms with van der Waals surface area (Å²) >= 11 is 17.0. The van der Waals surface area contributed by atoms with Gasteiger partial charge in [-0.2, -0.15) is 0 Å². The van der Waals surface area contributed by atoms with E-state index >= 15 is 0 Å². The van der Waals surface area contributed by atoms with Gasteiger partial charge in [-0.15, -0.1) is 25.0 Å². The summed E-state index contributed by atoms with van der Waals surface area (Å²) in [7, 11) is 0. The van der Waals surface area contributed by atoms with Gasteiger partial charge in [0, 0.05) is 23.3 Å². The van der Waals surface area contributed by atoms with Crippen molar-refractivity contribution < 1.29 is 9.21 Å². The van der Waals surface area contributed by atoms with Crippen LogP contribution in [-0.4, -0.2) is 15.5 Å². The number of rotatable bonds is 4. The quantitative estimate of drug-likeness (QED) is 0.341. The fourth-order valence-corrected chi connectivity index (χ4v) is 4.17. The summed E-state index contributed by atoms with van der Waals surface area (Å²) in [6.45, 7) is 1.87. The Labute approximate surface area is 188 Å². The third kappa shape index (κ3) is 3.98. The molecule has 150 valence electrons. The normalized spacial score (nSPS) is 11.9. The molecule has 0 saturated carbocycles. The van der Waals surface area contributed by atoms with Gasteiger partial charge in [0.1, 0.15) is 11.1 Å². The third-order valence-electron chi connectivity index (χ3n) is 4.44. The summed E-state index contributed by atoms with van der Waals surface area (Å²) < 4.78 is 7.85. The van der Waals surface area contributed by atoms with Gasteiger partial charge in [0.05, 0.1) is 27.6 Å². The molecule has 2 heterocycles. The van der Waals surface area contributed by atoms with Crippen LogP contribution in [0.25, 0.3) is 11.0 Å². The standard InChI is InChI=1S/C20H15Cl2N3O2S.ClH/c1-11-16(20(28)25-9-8-23-10-25)12-4-2-7-15(18(12)27-11)24-19(26)17-13(21)5-3-6-14(17)22;/h2-10,20,28H,1H3,(H,24,26);1H. The van der Waals surface area contributed by atoms with Crippen LogP contribution in [0.2, 0.25) is 10.0 Å². The molecule has 1 N–H and O–H groups in total. The molecule has 9 heteroatoms. The summed E-state index contributed by atoms with van der Waals surface area (Å²) in [4.78, 5) is 16.8. The van der Waals surface area contributed by atoms with Crippen molar-refractivity contribution in [1.82, 2.24) is 9.55 Å². The molecule has 0 fully saturated rings. The Bertz CT molecular complexity index is 1160. The van der Waals surface area contributed by atoms with E-state index in [1.54, 1.807) is 36.8 Å². The Morgan fingerprint density at radius 2 is 1.90 bits per heavy atom. The number of aryl methyl sites for hydroxylation is 1. The van der Waals surface area contributed by atoms with E-state index in [0.717, 1.165) is 10.9 Å². The topological polar surface area (TPSA) is 60.1 Å². The van der Waals surface area contributed by atoms with Crippen molar-refractivity contribution in [3.63, 3.8) is 0 Å². The molecule has 1 unspecified atom stereocenters. The van der Waals surface area contributed by atoms with Crippen molar-refractivity contribution >= 4 is 70.8 Å². The van der Waals surface area contributed by atoms with E-state index < -0.39 is 5.91 Å². The van der Waals surface area contributed by atoms with Gasteiger partial charge in [0.15, 0.2) is 5.58 Å². The van der Waals surface area contributed by atoms with Crippen LogP contribution in [0.1, 0.15) is 27.1 Å². The maximum absolute atomic E-state index is 12.8. The number of hydrogen-bond acceptors (Lipinski definition) is 4. The molecule has 2 aromatic heterocycles. The molecule has 0 aliphatic carbocycles. The van der Waals surface area contributed by atoms with Crippen LogP contribution in [0.15, 0.2) is 59.5 Å². The average molecular weight is 469 g/mol. The highest BCUT2D eigenvalue weighted by molar-refractivity contribution is 7.80. The summed E-state index contributed by atoms with van der Waals surface area (Å²) in [6, 6.07) is 10.5. The molecule has 1 amide bonds. The third-order valence-corrected chi connectivity index (χ3v) is 5.60. The van der Waals surface area contributed by atoms with E-state index in [1.165, 1.54) is 0 Å². The number of nitrogens with zero attached hydrogens (tertiary/aromatic N) is 2. The zero-order valence-corrected chi connectivity index (χ0v) is 18.3. The summed E-state index contributed by atoms with van der Waals surface area (Å²) in [5, 5.41) is 4.00. The Balaban J connectivity index is 0.00000240. The van der Waals surface area contributed by atoms with Crippen molar-refractivity contribution in [3.05, 3.63) is 82.1 Å². The van der Waals surface area contributed by atoms with Crippen molar-refractivity contribution in [2.45, 2.75) is 12.3 Å². The van der Waals surface area contributed by atoms with Crippen LogP contribution in [0.5, 0.6) is 0 Å². The second kappa shape index (κ2) is 8.71. The maximum atomic E-state index is 12.8. The lowest BCUT2D eigenvalue weighted by molar-refractivity contribution is 0.102. The number of carbonyl (C=O) groups excluding carboxylic acids is 1. The molecular weight excluding hydrogens is 453 g/mol. The van der Waals surface area contributed by atoms with Crippen LogP contribution < -0.4 is 5.32 Å². The minimum Gasteiger partial charge on any atom is -0.459 e. The highest BCUT2D eigenvalue weighted by Crippen LogP contribution is 2.38. The molecule has 0 aliphatic heterocycles. The number of amides is 1. The van der Waals surface area contributed by atoms with Gasteiger partial charge in [-0.3, -0.25) is 4.79 Å². The zero-order chi connectivity index (χ0) is 19.8. The van der Waals surface area contributed by atoms with Crippen LogP contribution >= 0.6 is 48.2 Å². The highest BCUT2D eigenvalue weighted by atomic mass is 35.5. The first kappa shape index (κ1) is 21.6. The van der Waals surface area contributed by atoms with E-state index in [4.69, 9.17) is 40.2 Å². The minimum absolute atomic E-state index is 0. The average Bonchev–Trinajstić information content (AvgIpc) is 3.29. The minimum atomic E-state index is -0.407. The molecule has 0 aliphatic rings. The van der Waals surface area contributed by atoms with Crippen LogP contribution in [0.3, 0.4) is 0 Å². The number of aromatic nitrogens is 2. The Kier molecular flexibility index (Phi) is 6.49. The number of hydrogen-bond donors (Lipinski definition) is 2. The molecule has 0 radical (unpaired) electrons. The molecule has 5 nitrogen and oxygen atoms in total. The number of benzene rings is 2. The van der Waals surface area contributed by atoms with Gasteiger partial charge in [0.2, 0.25) is 0 Å². The number of fused-ring (bicyclic) bond motifs is 1. The van der Waals surface area contributed by atoms with Crippen molar-refractivity contribution in [1.29, 1.82) is 0 Å². The highest BCUT2D eigenvalue weighted by Gasteiger charge is 2.22. The van der Waals surface area contributed by atoms with Crippen LogP contribution in [-0.2, 0) is 0 Å². The molecular formula is C20H16Cl3N3O2S. The lowest BCUT2D eigenvalue weighted by Gasteiger charge is -2.12. The molecule has 4 rings (SSSR count). The predicted octanol–water partition coefficient (Wildman–Crippen LogP) is 6.40. The number of para-hydroxylation sites is 1. The van der Waals surface area contributed by atoms with E-state index in [1.807, 2.05) is 29.8 Å². The van der Waals surface area contributed by atoms with Gasteiger partial charge in [-0.1, -0.05) is 41.4 Å². The maximum Gasteiger partial charge on any atom is 0.258 e. The molecule has 1 atom stereocenters. The molecule has 0 bridgehead atoms. The second-order valence-electron chi connectivity index (χ2n) is 6.19. The van der Waals surface area contributed by atoms with Crippen LogP contribution in [0.4, 0.5) is 5.69 Å². The summed E-state index contributed by atoms with van der Waals surface area (Å²) in [6.07, 6.45) is 5.22. The summed E-state index contributed by atoms with van der Waals surface area (Å²) in [5.74, 6) is 0.303. The molecule has 0 spiro atoms. The largest absolute Gasteiger partial charge is 0.459 e. The van der Waals surface area contributed by atoms with Gasteiger partial charge < -0.3 is 14.3 Å². The molecule has 4 aromatic rings. The van der Waals surface area contributed by atoms with Crippen molar-refractivity contribution in [2.75, 3.05) is 5.32 Å². The Morgan fingerprint density at radius 1 is 1.21 bits per heavy atom. The van der Waals surface area contributed by atoms with Crippen molar-refractivity contribution in [3.8, 4) is 0 Å². The predicted molar refractivity (Wildman–Crippen MR) is 122 cm³/mol. The first-order valence-corrected chi connectivity index (χ1v) is 9.67. The zero-order valence-electron chi connectivity index (χ0n) is 15.1. The lowest BCUT2D eigenvalue weighted by Crippen LogP contribution is -2.13. The van der Waals surface area contributed by atoms with Gasteiger partial charge >= 0.3 is 0 Å². The SMILES string of the molecule is Cc1oc2c(NC(=O)c3c(Cl)cccc3Cl)cccc2c1C(S)n1ccnc1.Cl. The van der Waals surface area contributed by atoms with Gasteiger partial charge in [0.25, 0.3) is 5.91 Å². The molecule has 2 aromatic carbocycles. The van der Waals surface area contributed by atoms with Crippen molar-refractivity contribution in [2.24, 2.45) is 0 Å². The Hall–Kier alpha value is -2.12. The van der Waals surface area contributed by atoms with Gasteiger partial charge in [-0.05, 0) is 25.1 Å². The van der Waals surface area contributed by atoms with E-state index in [0.29, 0.717) is 17.0 Å². The first-order chi connectivity index (χ1) is 13.5. The number of halogens is 3. The Morgan fingerprint density at radius 3 is 2.55 bits per heavy atom. The number of imidazole rings is 1. The van der Waals surface area contributed by atoms with E-state index in [9.17, 15) is 4.79 Å². The van der Waals surface area contributed by atoms with E-state index in [-0.39, 0.29) is 33.4 Å². The first-order valence-electron chi connectivity index (χ1n) is 8.40. The number of carbonyl (C=O) groups is 1. The summed E-state index contributed by atoms with van der Waals surface area (Å²) in [5.41, 5.74) is 2.21. The number of furan rings is 1. The molecule has 0 saturated heterocycles. The monoisotopic (exact) mass is 467 g/mol. The number of nitrogens with one attached hydrogen (secondary N) is 1. The molecule has 29 heavy (non-hydrogen) atoms. The van der Waals surface area contributed by atoms with Crippen LogP contribution in [0, 0.1) is 6.92 Å². The smallest absolute Gasteiger partial charge is 0.258 e. The lowest BCUT2D eigenvalue weighted by atomic mass is 10.1. The fourth-order valence-electron chi connectivity index (χ4n) is 3.14. The van der Waals surface area contributed by atoms with Gasteiger partial charge in [-0.25, -0.2) is 4.98 Å². The second-order valence-corrected chi connectivity index (χ2v) is 7.49. The number of thiol groups is 1.